The molecule has 0 bridgehead atoms. The average Bonchev–Trinajstić information content (AvgIpc) is 3.12. The molecule has 1 aromatic carbocycles. The van der Waals surface area contributed by atoms with Gasteiger partial charge in [0.15, 0.2) is 5.96 Å². The predicted molar refractivity (Wildman–Crippen MR) is 114 cm³/mol. The summed E-state index contributed by atoms with van der Waals surface area (Å²) in [5, 5.41) is 18.5. The molecule has 1 heterocycles. The van der Waals surface area contributed by atoms with E-state index in [2.05, 4.69) is 25.5 Å². The van der Waals surface area contributed by atoms with Crippen molar-refractivity contribution in [2.24, 2.45) is 4.99 Å². The van der Waals surface area contributed by atoms with Crippen molar-refractivity contribution >= 4 is 35.8 Å². The molecule has 0 spiro atoms. The summed E-state index contributed by atoms with van der Waals surface area (Å²) in [6, 6.07) is 10.1. The molecule has 4 N–H and O–H groups in total. The molecule has 2 rings (SSSR count). The Bertz CT molecular complexity index is 671. The highest BCUT2D eigenvalue weighted by Gasteiger charge is 2.04. The van der Waals surface area contributed by atoms with Gasteiger partial charge in [-0.15, -0.1) is 24.0 Å². The van der Waals surface area contributed by atoms with Gasteiger partial charge in [-0.3, -0.25) is 9.79 Å². The van der Waals surface area contributed by atoms with Crippen LogP contribution in [0.4, 0.5) is 0 Å². The van der Waals surface area contributed by atoms with E-state index in [1.807, 2.05) is 31.5 Å². The van der Waals surface area contributed by atoms with Crippen LogP contribution in [-0.2, 0) is 6.54 Å². The number of nitrogens with one attached hydrogen (secondary N) is 3. The van der Waals surface area contributed by atoms with Gasteiger partial charge in [-0.1, -0.05) is 0 Å². The molecule has 0 aliphatic heterocycles. The number of aliphatic imine (C=N–C) groups is 1. The van der Waals surface area contributed by atoms with Gasteiger partial charge >= 0.3 is 0 Å². The van der Waals surface area contributed by atoms with Crippen molar-refractivity contribution in [1.82, 2.24) is 20.5 Å². The zero-order valence-corrected chi connectivity index (χ0v) is 17.1. The van der Waals surface area contributed by atoms with E-state index in [-0.39, 0.29) is 35.6 Å². The lowest BCUT2D eigenvalue weighted by atomic mass is 10.2. The van der Waals surface area contributed by atoms with Crippen LogP contribution in [0.5, 0.6) is 5.75 Å². The first-order chi connectivity index (χ1) is 12.2. The minimum absolute atomic E-state index is 0. The van der Waals surface area contributed by atoms with Gasteiger partial charge < -0.3 is 25.6 Å². The number of halogens is 1. The number of nitrogens with zero attached hydrogens (tertiary/aromatic N) is 2. The number of carbonyl (C=O) groups is 1. The number of rotatable bonds is 8. The Morgan fingerprint density at radius 3 is 2.42 bits per heavy atom. The molecule has 0 unspecified atom stereocenters. The van der Waals surface area contributed by atoms with E-state index in [4.69, 9.17) is 0 Å². The number of carbonyl (C=O) groups excluding carboxylic acids is 1. The number of hydrogen-bond acceptors (Lipinski definition) is 3. The monoisotopic (exact) mass is 471 g/mol. The normalized spacial score (nSPS) is 10.7. The van der Waals surface area contributed by atoms with Crippen LogP contribution >= 0.6 is 24.0 Å². The molecule has 0 aliphatic rings. The van der Waals surface area contributed by atoms with Crippen molar-refractivity contribution in [2.75, 3.05) is 26.2 Å². The third-order valence-electron chi connectivity index (χ3n) is 3.47. The fraction of sp³-hybridized carbons (Fsp3) is 0.333. The molecule has 0 aliphatic carbocycles. The molecular formula is C18H26IN5O2. The molecule has 0 radical (unpaired) electrons. The van der Waals surface area contributed by atoms with E-state index < -0.39 is 0 Å². The smallest absolute Gasteiger partial charge is 0.251 e. The van der Waals surface area contributed by atoms with Crippen LogP contribution in [0.3, 0.4) is 0 Å². The Hall–Kier alpha value is -2.23. The van der Waals surface area contributed by atoms with E-state index in [1.165, 1.54) is 12.1 Å². The predicted octanol–water partition coefficient (Wildman–Crippen LogP) is 1.80. The van der Waals surface area contributed by atoms with Gasteiger partial charge in [0.25, 0.3) is 5.91 Å². The maximum Gasteiger partial charge on any atom is 0.251 e. The number of benzene rings is 1. The molecule has 0 fully saturated rings. The van der Waals surface area contributed by atoms with Crippen LogP contribution in [0.15, 0.2) is 53.8 Å². The molecule has 2 aromatic rings. The summed E-state index contributed by atoms with van der Waals surface area (Å²) >= 11 is 0. The van der Waals surface area contributed by atoms with Gasteiger partial charge in [0.2, 0.25) is 0 Å². The number of phenolic OH excluding ortho intramolecular Hbond substituents is 1. The molecule has 1 amide bonds. The summed E-state index contributed by atoms with van der Waals surface area (Å²) in [7, 11) is 0. The zero-order chi connectivity index (χ0) is 17.9. The van der Waals surface area contributed by atoms with E-state index in [0.717, 1.165) is 25.6 Å². The molecule has 0 saturated heterocycles. The first-order valence-electron chi connectivity index (χ1n) is 8.39. The van der Waals surface area contributed by atoms with Crippen LogP contribution < -0.4 is 16.0 Å². The van der Waals surface area contributed by atoms with Crippen molar-refractivity contribution in [3.05, 3.63) is 54.4 Å². The van der Waals surface area contributed by atoms with Gasteiger partial charge in [-0.2, -0.15) is 0 Å². The quantitative estimate of drug-likeness (QED) is 0.205. The van der Waals surface area contributed by atoms with Gasteiger partial charge in [-0.25, -0.2) is 0 Å². The zero-order valence-electron chi connectivity index (χ0n) is 14.8. The average molecular weight is 471 g/mol. The van der Waals surface area contributed by atoms with Crippen LogP contribution in [0.1, 0.15) is 17.3 Å². The highest BCUT2D eigenvalue weighted by atomic mass is 127. The maximum atomic E-state index is 12.0. The number of hydrogen-bond donors (Lipinski definition) is 4. The molecule has 0 saturated carbocycles. The van der Waals surface area contributed by atoms with Gasteiger partial charge in [-0.05, 0) is 43.3 Å². The fourth-order valence-corrected chi connectivity index (χ4v) is 2.22. The third kappa shape index (κ3) is 7.77. The van der Waals surface area contributed by atoms with Crippen LogP contribution in [0, 0.1) is 0 Å². The third-order valence-corrected chi connectivity index (χ3v) is 3.47. The minimum atomic E-state index is -0.180. The molecular weight excluding hydrogens is 445 g/mol. The molecule has 7 nitrogen and oxygen atoms in total. The first kappa shape index (κ1) is 21.8. The Kier molecular flexibility index (Phi) is 10.2. The number of aromatic nitrogens is 1. The van der Waals surface area contributed by atoms with Gasteiger partial charge in [0.1, 0.15) is 5.75 Å². The second-order valence-electron chi connectivity index (χ2n) is 5.41. The Morgan fingerprint density at radius 1 is 1.08 bits per heavy atom. The van der Waals surface area contributed by atoms with Crippen LogP contribution in [-0.4, -0.2) is 47.7 Å². The van der Waals surface area contributed by atoms with Crippen molar-refractivity contribution < 1.29 is 9.90 Å². The van der Waals surface area contributed by atoms with E-state index in [9.17, 15) is 9.90 Å². The number of aromatic hydroxyl groups is 1. The first-order valence-corrected chi connectivity index (χ1v) is 8.39. The second-order valence-corrected chi connectivity index (χ2v) is 5.41. The summed E-state index contributed by atoms with van der Waals surface area (Å²) in [4.78, 5) is 16.4. The summed E-state index contributed by atoms with van der Waals surface area (Å²) in [6.45, 7) is 5.32. The van der Waals surface area contributed by atoms with Crippen molar-refractivity contribution in [2.45, 2.75) is 13.5 Å². The minimum Gasteiger partial charge on any atom is -0.508 e. The molecule has 142 valence electrons. The standard InChI is InChI=1S/C18H25N5O2.HI/c1-2-19-18(22-11-14-23-12-3-4-13-23)21-10-9-20-17(25)15-5-7-16(24)8-6-15;/h3-8,12-13,24H,2,9-11,14H2,1H3,(H,20,25)(H2,19,21,22);1H. The van der Waals surface area contributed by atoms with Crippen LogP contribution in [0.25, 0.3) is 0 Å². The molecule has 0 atom stereocenters. The van der Waals surface area contributed by atoms with Crippen molar-refractivity contribution in [3.63, 3.8) is 0 Å². The van der Waals surface area contributed by atoms with E-state index in [0.29, 0.717) is 18.7 Å². The van der Waals surface area contributed by atoms with E-state index in [1.54, 1.807) is 12.1 Å². The summed E-state index contributed by atoms with van der Waals surface area (Å²) in [5.74, 6) is 0.691. The van der Waals surface area contributed by atoms with Gasteiger partial charge in [0.05, 0.1) is 6.54 Å². The lowest BCUT2D eigenvalue weighted by molar-refractivity contribution is 0.0955. The Labute approximate surface area is 170 Å². The van der Waals surface area contributed by atoms with Gasteiger partial charge in [0, 0.05) is 44.1 Å². The van der Waals surface area contributed by atoms with Crippen LogP contribution in [0.2, 0.25) is 0 Å². The summed E-state index contributed by atoms with van der Waals surface area (Å²) in [6.07, 6.45) is 4.04. The fourth-order valence-electron chi connectivity index (χ4n) is 2.22. The SMILES string of the molecule is CCNC(=NCCNC(=O)c1ccc(O)cc1)NCCn1cccc1.I. The highest BCUT2D eigenvalue weighted by molar-refractivity contribution is 14.0. The highest BCUT2D eigenvalue weighted by Crippen LogP contribution is 2.09. The summed E-state index contributed by atoms with van der Waals surface area (Å²) < 4.78 is 2.09. The Balaban J connectivity index is 0.00000338. The number of guanidine groups is 1. The Morgan fingerprint density at radius 2 is 1.77 bits per heavy atom. The summed E-state index contributed by atoms with van der Waals surface area (Å²) in [5.41, 5.74) is 0.513. The maximum absolute atomic E-state index is 12.0. The molecule has 26 heavy (non-hydrogen) atoms. The topological polar surface area (TPSA) is 90.7 Å². The molecule has 1 aromatic heterocycles. The molecule has 8 heteroatoms. The number of amides is 1. The number of phenols is 1. The lowest BCUT2D eigenvalue weighted by Gasteiger charge is -2.12. The van der Waals surface area contributed by atoms with E-state index >= 15 is 0 Å². The van der Waals surface area contributed by atoms with Crippen molar-refractivity contribution in [1.29, 1.82) is 0 Å². The lowest BCUT2D eigenvalue weighted by Crippen LogP contribution is -2.39. The van der Waals surface area contributed by atoms with Crippen molar-refractivity contribution in [3.8, 4) is 5.75 Å². The largest absolute Gasteiger partial charge is 0.508 e. The second kappa shape index (κ2) is 12.2.